The lowest BCUT2D eigenvalue weighted by Crippen LogP contribution is -2.40. The summed E-state index contributed by atoms with van der Waals surface area (Å²) in [7, 11) is 0. The van der Waals surface area contributed by atoms with Gasteiger partial charge >= 0.3 is 0 Å². The quantitative estimate of drug-likeness (QED) is 0.381. The van der Waals surface area contributed by atoms with Crippen LogP contribution in [-0.2, 0) is 0 Å². The second-order valence-electron chi connectivity index (χ2n) is 7.66. The molecule has 2 rings (SSSR count). The predicted octanol–water partition coefficient (Wildman–Crippen LogP) is 2.68. The van der Waals surface area contributed by atoms with Crippen molar-refractivity contribution in [2.24, 2.45) is 4.99 Å². The molecule has 0 aromatic rings. The van der Waals surface area contributed by atoms with Crippen LogP contribution < -0.4 is 10.6 Å². The zero-order valence-electron chi connectivity index (χ0n) is 16.9. The fourth-order valence-electron chi connectivity index (χ4n) is 4.19. The first-order valence-electron chi connectivity index (χ1n) is 10.7. The van der Waals surface area contributed by atoms with Crippen LogP contribution in [0.4, 0.5) is 0 Å². The van der Waals surface area contributed by atoms with Gasteiger partial charge < -0.3 is 15.5 Å². The summed E-state index contributed by atoms with van der Waals surface area (Å²) in [4.78, 5) is 10.1. The molecular formula is C20H41N5. The van der Waals surface area contributed by atoms with E-state index in [1.165, 1.54) is 64.6 Å². The number of unbranched alkanes of at least 4 members (excludes halogenated alkanes) is 1. The maximum absolute atomic E-state index is 4.84. The van der Waals surface area contributed by atoms with Crippen LogP contribution >= 0.6 is 0 Å². The number of aliphatic imine (C=N–C) groups is 1. The zero-order chi connectivity index (χ0) is 17.9. The van der Waals surface area contributed by atoms with Crippen molar-refractivity contribution in [3.05, 3.63) is 0 Å². The molecule has 0 spiro atoms. The number of hydrogen-bond acceptors (Lipinski definition) is 3. The third-order valence-corrected chi connectivity index (χ3v) is 5.81. The standard InChI is InChI=1S/C20H41N5/c1-4-21-20(23-17-19-12-10-16-24(19)5-2)22-13-7-9-15-25-14-8-6-11-18(25)3/h18-19H,4-17H2,1-3H3,(H2,21,22,23). The summed E-state index contributed by atoms with van der Waals surface area (Å²) in [5.41, 5.74) is 0. The molecule has 0 amide bonds. The lowest BCUT2D eigenvalue weighted by Gasteiger charge is -2.33. The van der Waals surface area contributed by atoms with Crippen molar-refractivity contribution >= 4 is 5.96 Å². The van der Waals surface area contributed by atoms with Crippen LogP contribution in [0.3, 0.4) is 0 Å². The number of nitrogens with one attached hydrogen (secondary N) is 2. The summed E-state index contributed by atoms with van der Waals surface area (Å²) < 4.78 is 0. The molecule has 0 radical (unpaired) electrons. The summed E-state index contributed by atoms with van der Waals surface area (Å²) in [5.74, 6) is 0.997. The molecule has 146 valence electrons. The van der Waals surface area contributed by atoms with E-state index in [4.69, 9.17) is 4.99 Å². The van der Waals surface area contributed by atoms with E-state index in [2.05, 4.69) is 41.2 Å². The van der Waals surface area contributed by atoms with Gasteiger partial charge in [-0.2, -0.15) is 0 Å². The fraction of sp³-hybridized carbons (Fsp3) is 0.950. The molecule has 0 aromatic carbocycles. The van der Waals surface area contributed by atoms with Gasteiger partial charge in [-0.15, -0.1) is 0 Å². The Morgan fingerprint density at radius 1 is 1.00 bits per heavy atom. The van der Waals surface area contributed by atoms with Gasteiger partial charge in [-0.05, 0) is 78.6 Å². The van der Waals surface area contributed by atoms with Crippen LogP contribution in [0.1, 0.15) is 65.7 Å². The fourth-order valence-corrected chi connectivity index (χ4v) is 4.19. The normalized spacial score (nSPS) is 26.1. The number of guanidine groups is 1. The molecular weight excluding hydrogens is 310 g/mol. The minimum absolute atomic E-state index is 0.640. The van der Waals surface area contributed by atoms with E-state index in [0.29, 0.717) is 6.04 Å². The maximum atomic E-state index is 4.84. The van der Waals surface area contributed by atoms with E-state index in [-0.39, 0.29) is 0 Å². The number of likely N-dealkylation sites (tertiary alicyclic amines) is 2. The van der Waals surface area contributed by atoms with Crippen molar-refractivity contribution in [3.8, 4) is 0 Å². The van der Waals surface area contributed by atoms with Crippen LogP contribution in [0.5, 0.6) is 0 Å². The van der Waals surface area contributed by atoms with E-state index >= 15 is 0 Å². The molecule has 2 saturated heterocycles. The third-order valence-electron chi connectivity index (χ3n) is 5.81. The summed E-state index contributed by atoms with van der Waals surface area (Å²) in [5, 5.41) is 6.92. The van der Waals surface area contributed by atoms with Crippen molar-refractivity contribution in [2.45, 2.75) is 77.8 Å². The summed E-state index contributed by atoms with van der Waals surface area (Å²) in [6.45, 7) is 14.6. The van der Waals surface area contributed by atoms with Crippen molar-refractivity contribution in [1.82, 2.24) is 20.4 Å². The molecule has 2 aliphatic heterocycles. The molecule has 25 heavy (non-hydrogen) atoms. The van der Waals surface area contributed by atoms with Gasteiger partial charge in [0.1, 0.15) is 0 Å². The Bertz CT molecular complexity index is 384. The Kier molecular flexibility index (Phi) is 9.63. The largest absolute Gasteiger partial charge is 0.357 e. The molecule has 2 N–H and O–H groups in total. The highest BCUT2D eigenvalue weighted by Gasteiger charge is 2.22. The van der Waals surface area contributed by atoms with Crippen LogP contribution in [0.2, 0.25) is 0 Å². The molecule has 2 fully saturated rings. The van der Waals surface area contributed by atoms with Crippen molar-refractivity contribution in [1.29, 1.82) is 0 Å². The van der Waals surface area contributed by atoms with Crippen molar-refractivity contribution in [3.63, 3.8) is 0 Å². The topological polar surface area (TPSA) is 42.9 Å². The first-order valence-corrected chi connectivity index (χ1v) is 10.7. The highest BCUT2D eigenvalue weighted by atomic mass is 15.2. The molecule has 0 aromatic heterocycles. The lowest BCUT2D eigenvalue weighted by atomic mass is 10.0. The first-order chi connectivity index (χ1) is 12.2. The molecule has 2 atom stereocenters. The van der Waals surface area contributed by atoms with Gasteiger partial charge in [-0.1, -0.05) is 13.3 Å². The average Bonchev–Trinajstić information content (AvgIpc) is 3.08. The van der Waals surface area contributed by atoms with Gasteiger partial charge in [-0.3, -0.25) is 9.89 Å². The number of piperidine rings is 1. The van der Waals surface area contributed by atoms with E-state index in [1.54, 1.807) is 0 Å². The number of likely N-dealkylation sites (N-methyl/N-ethyl adjacent to an activating group) is 1. The van der Waals surface area contributed by atoms with Gasteiger partial charge in [0.05, 0.1) is 6.54 Å². The molecule has 2 unspecified atom stereocenters. The smallest absolute Gasteiger partial charge is 0.191 e. The Balaban J connectivity index is 1.64. The van der Waals surface area contributed by atoms with Crippen molar-refractivity contribution < 1.29 is 0 Å². The summed E-state index contributed by atoms with van der Waals surface area (Å²) >= 11 is 0. The third kappa shape index (κ3) is 7.14. The monoisotopic (exact) mass is 351 g/mol. The van der Waals surface area contributed by atoms with Gasteiger partial charge in [0, 0.05) is 25.2 Å². The van der Waals surface area contributed by atoms with Gasteiger partial charge in [0.15, 0.2) is 5.96 Å². The Labute approximate surface area is 155 Å². The second kappa shape index (κ2) is 11.7. The van der Waals surface area contributed by atoms with Crippen LogP contribution in [0.25, 0.3) is 0 Å². The first kappa shape index (κ1) is 20.5. The summed E-state index contributed by atoms with van der Waals surface area (Å²) in [6.07, 6.45) is 9.30. The molecule has 5 heteroatoms. The minimum atomic E-state index is 0.640. The molecule has 0 saturated carbocycles. The molecule has 2 aliphatic rings. The van der Waals surface area contributed by atoms with Crippen LogP contribution in [0, 0.1) is 0 Å². The predicted molar refractivity (Wildman–Crippen MR) is 108 cm³/mol. The summed E-state index contributed by atoms with van der Waals surface area (Å²) in [6, 6.07) is 1.43. The molecule has 0 aliphatic carbocycles. The Morgan fingerprint density at radius 2 is 1.84 bits per heavy atom. The Morgan fingerprint density at radius 3 is 2.60 bits per heavy atom. The van der Waals surface area contributed by atoms with Crippen molar-refractivity contribution in [2.75, 3.05) is 45.8 Å². The van der Waals surface area contributed by atoms with Gasteiger partial charge in [-0.25, -0.2) is 0 Å². The number of rotatable bonds is 9. The van der Waals surface area contributed by atoms with Crippen LogP contribution in [-0.4, -0.2) is 73.7 Å². The number of nitrogens with zero attached hydrogens (tertiary/aromatic N) is 3. The molecule has 5 nitrogen and oxygen atoms in total. The van der Waals surface area contributed by atoms with Crippen LogP contribution in [0.15, 0.2) is 4.99 Å². The van der Waals surface area contributed by atoms with E-state index < -0.39 is 0 Å². The van der Waals surface area contributed by atoms with E-state index in [0.717, 1.165) is 38.2 Å². The molecule has 2 heterocycles. The SMILES string of the molecule is CCNC(=NCC1CCCN1CC)NCCCCN1CCCCC1C. The van der Waals surface area contributed by atoms with Gasteiger partial charge in [0.25, 0.3) is 0 Å². The lowest BCUT2D eigenvalue weighted by molar-refractivity contribution is 0.158. The highest BCUT2D eigenvalue weighted by Crippen LogP contribution is 2.17. The maximum Gasteiger partial charge on any atom is 0.191 e. The second-order valence-corrected chi connectivity index (χ2v) is 7.66. The minimum Gasteiger partial charge on any atom is -0.357 e. The molecule has 0 bridgehead atoms. The average molecular weight is 352 g/mol. The van der Waals surface area contributed by atoms with Gasteiger partial charge in [0.2, 0.25) is 0 Å². The Hall–Kier alpha value is -0.810. The zero-order valence-corrected chi connectivity index (χ0v) is 16.9. The van der Waals surface area contributed by atoms with E-state index in [9.17, 15) is 0 Å². The van der Waals surface area contributed by atoms with E-state index in [1.807, 2.05) is 0 Å². The highest BCUT2D eigenvalue weighted by molar-refractivity contribution is 5.79. The number of hydrogen-bond donors (Lipinski definition) is 2.